The molecule has 1 aromatic rings. The van der Waals surface area contributed by atoms with E-state index in [2.05, 4.69) is 9.80 Å². The topological polar surface area (TPSA) is 36.0 Å². The van der Waals surface area contributed by atoms with Crippen molar-refractivity contribution in [3.63, 3.8) is 0 Å². The third kappa shape index (κ3) is 6.94. The van der Waals surface area contributed by atoms with Crippen LogP contribution in [-0.4, -0.2) is 80.1 Å². The van der Waals surface area contributed by atoms with E-state index in [1.54, 1.807) is 0 Å². The van der Waals surface area contributed by atoms with Crippen LogP contribution in [0.3, 0.4) is 0 Å². The lowest BCUT2D eigenvalue weighted by Gasteiger charge is -2.35. The number of likely N-dealkylation sites (N-methyl/N-ethyl adjacent to an activating group) is 1. The number of piperazine rings is 1. The normalized spacial score (nSPS) is 19.5. The quantitative estimate of drug-likeness (QED) is 0.661. The molecule has 1 aromatic carbocycles. The molecule has 156 valence electrons. The van der Waals surface area contributed by atoms with E-state index in [9.17, 15) is 4.79 Å². The molecular weight excluding hydrogens is 374 g/mol. The van der Waals surface area contributed by atoms with E-state index in [4.69, 9.17) is 16.3 Å². The molecule has 1 amide bonds. The molecule has 28 heavy (non-hydrogen) atoms. The monoisotopic (exact) mass is 407 g/mol. The lowest BCUT2D eigenvalue weighted by molar-refractivity contribution is -0.132. The Labute approximate surface area is 174 Å². The predicted molar refractivity (Wildman–Crippen MR) is 114 cm³/mol. The summed E-state index contributed by atoms with van der Waals surface area (Å²) in [4.78, 5) is 19.2. The Morgan fingerprint density at radius 3 is 2.39 bits per heavy atom. The molecule has 2 aliphatic rings. The van der Waals surface area contributed by atoms with E-state index in [0.717, 1.165) is 50.0 Å². The van der Waals surface area contributed by atoms with Crippen LogP contribution in [-0.2, 0) is 4.79 Å². The molecule has 0 bridgehead atoms. The van der Waals surface area contributed by atoms with E-state index < -0.39 is 0 Å². The Morgan fingerprint density at radius 1 is 1.07 bits per heavy atom. The maximum absolute atomic E-state index is 12.6. The molecule has 2 fully saturated rings. The fraction of sp³-hybridized carbons (Fsp3) is 0.682. The number of carbonyl (C=O) groups excluding carboxylic acids is 1. The first kappa shape index (κ1) is 21.4. The standard InChI is InChI=1S/C22H34ClN3O2/c1-24(17-19-5-3-2-4-6-19)22(27)18-26-13-11-25(12-14-26)15-16-28-21-9-7-20(23)8-10-21/h7-10,19H,2-6,11-18H2,1H3. The van der Waals surface area contributed by atoms with Crippen molar-refractivity contribution >= 4 is 17.5 Å². The van der Waals surface area contributed by atoms with Crippen molar-refractivity contribution in [1.82, 2.24) is 14.7 Å². The van der Waals surface area contributed by atoms with Gasteiger partial charge in [-0.05, 0) is 43.0 Å². The van der Waals surface area contributed by atoms with Crippen LogP contribution in [0.5, 0.6) is 5.75 Å². The fourth-order valence-corrected chi connectivity index (χ4v) is 4.29. The number of ether oxygens (including phenoxy) is 1. The molecule has 0 atom stereocenters. The number of rotatable bonds is 8. The average molecular weight is 408 g/mol. The maximum atomic E-state index is 12.6. The van der Waals surface area contributed by atoms with Gasteiger partial charge in [-0.15, -0.1) is 0 Å². The van der Waals surface area contributed by atoms with Crippen LogP contribution in [0, 0.1) is 5.92 Å². The van der Waals surface area contributed by atoms with Crippen molar-refractivity contribution in [1.29, 1.82) is 0 Å². The highest BCUT2D eigenvalue weighted by Crippen LogP contribution is 2.24. The zero-order valence-corrected chi connectivity index (χ0v) is 17.9. The predicted octanol–water partition coefficient (Wildman–Crippen LogP) is 3.38. The summed E-state index contributed by atoms with van der Waals surface area (Å²) < 4.78 is 5.78. The SMILES string of the molecule is CN(CC1CCCCC1)C(=O)CN1CCN(CCOc2ccc(Cl)cc2)CC1. The van der Waals surface area contributed by atoms with Gasteiger partial charge < -0.3 is 9.64 Å². The summed E-state index contributed by atoms with van der Waals surface area (Å²) in [7, 11) is 1.97. The summed E-state index contributed by atoms with van der Waals surface area (Å²) in [6, 6.07) is 7.49. The van der Waals surface area contributed by atoms with Gasteiger partial charge in [0.1, 0.15) is 12.4 Å². The minimum Gasteiger partial charge on any atom is -0.492 e. The maximum Gasteiger partial charge on any atom is 0.236 e. The van der Waals surface area contributed by atoms with Crippen molar-refractivity contribution in [2.75, 3.05) is 59.5 Å². The molecule has 1 heterocycles. The Balaban J connectivity index is 1.30. The molecule has 3 rings (SSSR count). The van der Waals surface area contributed by atoms with Crippen molar-refractivity contribution in [3.8, 4) is 5.75 Å². The summed E-state index contributed by atoms with van der Waals surface area (Å²) in [5.41, 5.74) is 0. The zero-order valence-electron chi connectivity index (χ0n) is 17.1. The second-order valence-corrected chi connectivity index (χ2v) is 8.63. The van der Waals surface area contributed by atoms with E-state index >= 15 is 0 Å². The first-order chi connectivity index (χ1) is 13.6. The van der Waals surface area contributed by atoms with Gasteiger partial charge in [-0.1, -0.05) is 30.9 Å². The molecule has 0 unspecified atom stereocenters. The number of benzene rings is 1. The highest BCUT2D eigenvalue weighted by Gasteiger charge is 2.22. The van der Waals surface area contributed by atoms with Crippen LogP contribution in [0.1, 0.15) is 32.1 Å². The second-order valence-electron chi connectivity index (χ2n) is 8.20. The Hall–Kier alpha value is -1.30. The second kappa shape index (κ2) is 11.0. The van der Waals surface area contributed by atoms with Crippen LogP contribution in [0.2, 0.25) is 5.02 Å². The molecule has 6 heteroatoms. The number of hydrogen-bond donors (Lipinski definition) is 0. The van der Waals surface area contributed by atoms with Crippen molar-refractivity contribution in [3.05, 3.63) is 29.3 Å². The van der Waals surface area contributed by atoms with Gasteiger partial charge in [0.25, 0.3) is 0 Å². The molecule has 1 aliphatic carbocycles. The van der Waals surface area contributed by atoms with Gasteiger partial charge in [0.2, 0.25) is 5.91 Å². The molecule has 0 radical (unpaired) electrons. The minimum atomic E-state index is 0.269. The van der Waals surface area contributed by atoms with Crippen molar-refractivity contribution in [2.45, 2.75) is 32.1 Å². The molecule has 0 aromatic heterocycles. The van der Waals surface area contributed by atoms with Gasteiger partial charge in [0.05, 0.1) is 6.54 Å². The summed E-state index contributed by atoms with van der Waals surface area (Å²) in [5, 5.41) is 0.724. The number of nitrogens with zero attached hydrogens (tertiary/aromatic N) is 3. The number of halogens is 1. The smallest absolute Gasteiger partial charge is 0.236 e. The van der Waals surface area contributed by atoms with Crippen LogP contribution < -0.4 is 4.74 Å². The molecule has 1 aliphatic heterocycles. The van der Waals surface area contributed by atoms with E-state index in [1.165, 1.54) is 32.1 Å². The van der Waals surface area contributed by atoms with E-state index in [0.29, 0.717) is 19.1 Å². The third-order valence-electron chi connectivity index (χ3n) is 6.00. The Kier molecular flexibility index (Phi) is 8.44. The third-order valence-corrected chi connectivity index (χ3v) is 6.25. The lowest BCUT2D eigenvalue weighted by atomic mass is 9.89. The highest BCUT2D eigenvalue weighted by atomic mass is 35.5. The molecule has 1 saturated heterocycles. The summed E-state index contributed by atoms with van der Waals surface area (Å²) in [6.45, 7) is 6.94. The van der Waals surface area contributed by atoms with Gasteiger partial charge in [0.15, 0.2) is 0 Å². The minimum absolute atomic E-state index is 0.269. The summed E-state index contributed by atoms with van der Waals surface area (Å²) >= 11 is 5.89. The van der Waals surface area contributed by atoms with Crippen LogP contribution in [0.25, 0.3) is 0 Å². The molecule has 1 saturated carbocycles. The average Bonchev–Trinajstić information content (AvgIpc) is 2.71. The Bertz CT molecular complexity index is 596. The Morgan fingerprint density at radius 2 is 1.71 bits per heavy atom. The highest BCUT2D eigenvalue weighted by molar-refractivity contribution is 6.30. The molecular formula is C22H34ClN3O2. The van der Waals surface area contributed by atoms with Gasteiger partial charge in [-0.3, -0.25) is 14.6 Å². The van der Waals surface area contributed by atoms with Crippen LogP contribution in [0.4, 0.5) is 0 Å². The number of hydrogen-bond acceptors (Lipinski definition) is 4. The van der Waals surface area contributed by atoms with Crippen LogP contribution >= 0.6 is 11.6 Å². The molecule has 0 spiro atoms. The summed E-state index contributed by atoms with van der Waals surface area (Å²) in [6.07, 6.45) is 6.60. The van der Waals surface area contributed by atoms with Gasteiger partial charge in [-0.2, -0.15) is 0 Å². The first-order valence-corrected chi connectivity index (χ1v) is 11.0. The number of amides is 1. The lowest BCUT2D eigenvalue weighted by Crippen LogP contribution is -2.50. The van der Waals surface area contributed by atoms with Crippen molar-refractivity contribution < 1.29 is 9.53 Å². The molecule has 5 nitrogen and oxygen atoms in total. The van der Waals surface area contributed by atoms with Gasteiger partial charge in [0, 0.05) is 51.3 Å². The fourth-order valence-electron chi connectivity index (χ4n) is 4.17. The number of carbonyl (C=O) groups is 1. The van der Waals surface area contributed by atoms with Gasteiger partial charge >= 0.3 is 0 Å². The summed E-state index contributed by atoms with van der Waals surface area (Å²) in [5.74, 6) is 1.83. The van der Waals surface area contributed by atoms with E-state index in [-0.39, 0.29) is 5.91 Å². The molecule has 0 N–H and O–H groups in total. The van der Waals surface area contributed by atoms with Gasteiger partial charge in [-0.25, -0.2) is 0 Å². The van der Waals surface area contributed by atoms with Crippen molar-refractivity contribution in [2.24, 2.45) is 5.92 Å². The van der Waals surface area contributed by atoms with E-state index in [1.807, 2.05) is 36.2 Å². The first-order valence-electron chi connectivity index (χ1n) is 10.7. The zero-order chi connectivity index (χ0) is 19.8. The van der Waals surface area contributed by atoms with Crippen LogP contribution in [0.15, 0.2) is 24.3 Å². The largest absolute Gasteiger partial charge is 0.492 e.